The van der Waals surface area contributed by atoms with Crippen LogP contribution in [0.2, 0.25) is 5.02 Å². The average Bonchev–Trinajstić information content (AvgIpc) is 3.11. The number of carbonyl (C=O) groups is 2. The molecule has 1 N–H and O–H groups in total. The van der Waals surface area contributed by atoms with Gasteiger partial charge in [0.25, 0.3) is 12.6 Å². The summed E-state index contributed by atoms with van der Waals surface area (Å²) in [6.07, 6.45) is 3.57. The van der Waals surface area contributed by atoms with Crippen LogP contribution in [0, 0.1) is 5.41 Å². The lowest BCUT2D eigenvalue weighted by molar-refractivity contribution is -0.726. The van der Waals surface area contributed by atoms with Crippen molar-refractivity contribution in [3.8, 4) is 11.5 Å². The second-order valence-electron chi connectivity index (χ2n) is 7.47. The van der Waals surface area contributed by atoms with Gasteiger partial charge in [-0.05, 0) is 51.1 Å². The van der Waals surface area contributed by atoms with Crippen LogP contribution in [0.5, 0.6) is 11.5 Å². The maximum absolute atomic E-state index is 12.1. The van der Waals surface area contributed by atoms with E-state index in [1.807, 2.05) is 6.20 Å². The minimum atomic E-state index is -0.595. The molecule has 0 saturated carbocycles. The number of benzene rings is 1. The van der Waals surface area contributed by atoms with E-state index in [4.69, 9.17) is 21.1 Å². The second-order valence-corrected chi connectivity index (χ2v) is 8.99. The van der Waals surface area contributed by atoms with Crippen LogP contribution in [0.3, 0.4) is 0 Å². The van der Waals surface area contributed by atoms with Crippen molar-refractivity contribution in [1.82, 2.24) is 5.32 Å². The molecule has 1 amide bonds. The van der Waals surface area contributed by atoms with Crippen molar-refractivity contribution in [3.63, 3.8) is 0 Å². The molecule has 0 unspecified atom stereocenters. The summed E-state index contributed by atoms with van der Waals surface area (Å²) in [6, 6.07) is 8.78. The Labute approximate surface area is 178 Å². The fourth-order valence-electron chi connectivity index (χ4n) is 2.47. The van der Waals surface area contributed by atoms with Gasteiger partial charge in [-0.1, -0.05) is 11.6 Å². The molecule has 2 aromatic heterocycles. The molecule has 0 saturated heterocycles. The number of nitrogens with one attached hydrogen (secondary N) is 1. The number of amides is 1. The van der Waals surface area contributed by atoms with Crippen LogP contribution >= 0.6 is 22.9 Å². The van der Waals surface area contributed by atoms with E-state index in [1.54, 1.807) is 68.9 Å². The predicted molar refractivity (Wildman–Crippen MR) is 112 cm³/mol. The smallest absolute Gasteiger partial charge is 0.316 e. The Balaban J connectivity index is 1.98. The molecule has 0 radical (unpaired) electrons. The topological polar surface area (TPSA) is 68.5 Å². The molecule has 0 aliphatic carbocycles. The highest BCUT2D eigenvalue weighted by Crippen LogP contribution is 2.34. The summed E-state index contributed by atoms with van der Waals surface area (Å²) in [7, 11) is 1.59. The van der Waals surface area contributed by atoms with Crippen molar-refractivity contribution in [2.24, 2.45) is 5.41 Å². The number of nitrogens with zero attached hydrogens (tertiary/aromatic N) is 1. The van der Waals surface area contributed by atoms with Crippen molar-refractivity contribution < 1.29 is 23.6 Å². The molecule has 6 nitrogen and oxygen atoms in total. The molecule has 2 heterocycles. The average molecular weight is 434 g/mol. The lowest BCUT2D eigenvalue weighted by Gasteiger charge is -2.14. The zero-order chi connectivity index (χ0) is 21.2. The summed E-state index contributed by atoms with van der Waals surface area (Å²) >= 11 is 7.28. The van der Waals surface area contributed by atoms with Crippen LogP contribution < -0.4 is 14.6 Å². The summed E-state index contributed by atoms with van der Waals surface area (Å²) in [6.45, 7) is 5.43. The Kier molecular flexibility index (Phi) is 6.10. The number of esters is 1. The lowest BCUT2D eigenvalue weighted by atomic mass is 9.98. The van der Waals surface area contributed by atoms with Gasteiger partial charge in [0.1, 0.15) is 10.4 Å². The molecular formula is C21H22ClN2O4S+. The van der Waals surface area contributed by atoms with Gasteiger partial charge in [-0.2, -0.15) is 4.57 Å². The Morgan fingerprint density at radius 2 is 1.86 bits per heavy atom. The number of pyridine rings is 1. The first-order valence-electron chi connectivity index (χ1n) is 8.97. The van der Waals surface area contributed by atoms with E-state index in [2.05, 4.69) is 5.32 Å². The van der Waals surface area contributed by atoms with E-state index in [1.165, 1.54) is 11.3 Å². The van der Waals surface area contributed by atoms with Gasteiger partial charge < -0.3 is 14.8 Å². The summed E-state index contributed by atoms with van der Waals surface area (Å²) in [5, 5.41) is 4.03. The van der Waals surface area contributed by atoms with Crippen LogP contribution in [0.4, 0.5) is 0 Å². The standard InChI is InChI=1S/C21H21ClN2O4S/c1-21(2,3)20(26)27-12-24-10-16(28-14-7-5-13(22)6-8-14)15-9-17(19(25)23-4)29-18(15)11-24/h5-11H,12H2,1-4H3/p+1. The first kappa shape index (κ1) is 21.1. The van der Waals surface area contributed by atoms with Crippen LogP contribution in [0.15, 0.2) is 42.7 Å². The summed E-state index contributed by atoms with van der Waals surface area (Å²) in [5.41, 5.74) is -0.595. The number of halogens is 1. The molecule has 3 rings (SSSR count). The van der Waals surface area contributed by atoms with E-state index in [0.717, 1.165) is 10.1 Å². The van der Waals surface area contributed by atoms with Crippen molar-refractivity contribution in [3.05, 3.63) is 52.6 Å². The quantitative estimate of drug-likeness (QED) is 0.473. The van der Waals surface area contributed by atoms with Crippen molar-refractivity contribution in [1.29, 1.82) is 0 Å². The number of rotatable bonds is 5. The van der Waals surface area contributed by atoms with Gasteiger partial charge in [-0.25, -0.2) is 0 Å². The summed E-state index contributed by atoms with van der Waals surface area (Å²) in [4.78, 5) is 24.7. The van der Waals surface area contributed by atoms with Crippen LogP contribution in [-0.4, -0.2) is 18.9 Å². The van der Waals surface area contributed by atoms with Crippen molar-refractivity contribution >= 4 is 44.9 Å². The normalized spacial score (nSPS) is 11.3. The fourth-order valence-corrected chi connectivity index (χ4v) is 3.66. The Hall–Kier alpha value is -2.64. The molecule has 29 heavy (non-hydrogen) atoms. The van der Waals surface area contributed by atoms with Crippen molar-refractivity contribution in [2.45, 2.75) is 27.5 Å². The molecule has 152 valence electrons. The van der Waals surface area contributed by atoms with Gasteiger partial charge >= 0.3 is 5.97 Å². The van der Waals surface area contributed by atoms with E-state index >= 15 is 0 Å². The molecule has 8 heteroatoms. The minimum Gasteiger partial charge on any atom is -0.450 e. The molecule has 3 aromatic rings. The number of hydrogen-bond acceptors (Lipinski definition) is 5. The number of fused-ring (bicyclic) bond motifs is 1. The highest BCUT2D eigenvalue weighted by atomic mass is 35.5. The van der Waals surface area contributed by atoms with Crippen LogP contribution in [-0.2, 0) is 16.3 Å². The summed E-state index contributed by atoms with van der Waals surface area (Å²) < 4.78 is 14.0. The maximum Gasteiger partial charge on any atom is 0.316 e. The molecule has 0 bridgehead atoms. The van der Waals surface area contributed by atoms with E-state index < -0.39 is 5.41 Å². The van der Waals surface area contributed by atoms with Crippen molar-refractivity contribution in [2.75, 3.05) is 7.05 Å². The summed E-state index contributed by atoms with van der Waals surface area (Å²) in [5.74, 6) is 0.674. The fraction of sp³-hybridized carbons (Fsp3) is 0.286. The number of ether oxygens (including phenoxy) is 2. The molecule has 0 spiro atoms. The number of hydrogen-bond donors (Lipinski definition) is 1. The van der Waals surface area contributed by atoms with E-state index in [0.29, 0.717) is 21.4 Å². The molecule has 0 fully saturated rings. The molecule has 0 aliphatic heterocycles. The third kappa shape index (κ3) is 5.05. The number of carbonyl (C=O) groups excluding carboxylic acids is 2. The third-order valence-electron chi connectivity index (χ3n) is 4.04. The highest BCUT2D eigenvalue weighted by Gasteiger charge is 2.25. The van der Waals surface area contributed by atoms with Crippen LogP contribution in [0.1, 0.15) is 30.4 Å². The van der Waals surface area contributed by atoms with Gasteiger partial charge in [-0.15, -0.1) is 11.3 Å². The SMILES string of the molecule is CNC(=O)c1cc2c(Oc3ccc(Cl)cc3)c[n+](COC(=O)C(C)(C)C)cc2s1. The Morgan fingerprint density at radius 1 is 1.17 bits per heavy atom. The third-order valence-corrected chi connectivity index (χ3v) is 5.36. The minimum absolute atomic E-state index is 0.0379. The lowest BCUT2D eigenvalue weighted by Crippen LogP contribution is -2.37. The van der Waals surface area contributed by atoms with Gasteiger partial charge in [-0.3, -0.25) is 9.59 Å². The molecule has 0 aliphatic rings. The molecular weight excluding hydrogens is 412 g/mol. The second kappa shape index (κ2) is 8.39. The highest BCUT2D eigenvalue weighted by molar-refractivity contribution is 7.20. The zero-order valence-corrected chi connectivity index (χ0v) is 18.2. The predicted octanol–water partition coefficient (Wildman–Crippen LogP) is 4.54. The Bertz CT molecular complexity index is 1050. The Morgan fingerprint density at radius 3 is 2.48 bits per heavy atom. The first-order valence-corrected chi connectivity index (χ1v) is 10.2. The largest absolute Gasteiger partial charge is 0.450 e. The van der Waals surface area contributed by atoms with Gasteiger partial charge in [0.2, 0.25) is 6.20 Å². The molecule has 0 atom stereocenters. The molecule has 1 aromatic carbocycles. The van der Waals surface area contributed by atoms with E-state index in [9.17, 15) is 9.59 Å². The van der Waals surface area contributed by atoms with Gasteiger partial charge in [0.15, 0.2) is 11.9 Å². The van der Waals surface area contributed by atoms with E-state index in [-0.39, 0.29) is 18.6 Å². The monoisotopic (exact) mass is 433 g/mol. The maximum atomic E-state index is 12.1. The number of thiophene rings is 1. The first-order chi connectivity index (χ1) is 13.7. The van der Waals surface area contributed by atoms with Gasteiger partial charge in [0, 0.05) is 17.5 Å². The zero-order valence-electron chi connectivity index (χ0n) is 16.6. The number of aromatic nitrogens is 1. The van der Waals surface area contributed by atoms with Crippen LogP contribution in [0.25, 0.3) is 10.1 Å². The van der Waals surface area contributed by atoms with Gasteiger partial charge in [0.05, 0.1) is 10.3 Å².